The highest BCUT2D eigenvalue weighted by atomic mass is 16.6. The molecule has 0 bridgehead atoms. The molecule has 1 N–H and O–H groups in total. The Morgan fingerprint density at radius 3 is 2.35 bits per heavy atom. The topological polar surface area (TPSA) is 41.6 Å². The zero-order valence-corrected chi connectivity index (χ0v) is 14.9. The molecule has 1 aromatic carbocycles. The van der Waals surface area contributed by atoms with Crippen molar-refractivity contribution in [2.75, 3.05) is 26.2 Å². The summed E-state index contributed by atoms with van der Waals surface area (Å²) in [5, 5.41) is 3.50. The van der Waals surface area contributed by atoms with E-state index in [1.165, 1.54) is 5.56 Å². The van der Waals surface area contributed by atoms with Gasteiger partial charge in [-0.1, -0.05) is 37.3 Å². The van der Waals surface area contributed by atoms with Gasteiger partial charge < -0.3 is 15.0 Å². The Morgan fingerprint density at radius 1 is 1.22 bits per heavy atom. The van der Waals surface area contributed by atoms with E-state index in [2.05, 4.69) is 42.6 Å². The lowest BCUT2D eigenvalue weighted by molar-refractivity contribution is 0.0163. The number of carbonyl (C=O) groups excluding carboxylic acids is 1. The van der Waals surface area contributed by atoms with E-state index >= 15 is 0 Å². The fourth-order valence-corrected chi connectivity index (χ4v) is 3.17. The lowest BCUT2D eigenvalue weighted by atomic mass is 9.72. The zero-order valence-electron chi connectivity index (χ0n) is 14.9. The quantitative estimate of drug-likeness (QED) is 0.923. The van der Waals surface area contributed by atoms with Gasteiger partial charge in [-0.2, -0.15) is 0 Å². The van der Waals surface area contributed by atoms with Gasteiger partial charge in [0.15, 0.2) is 0 Å². The first-order chi connectivity index (χ1) is 10.9. The van der Waals surface area contributed by atoms with Gasteiger partial charge in [-0.3, -0.25) is 0 Å². The maximum Gasteiger partial charge on any atom is 0.410 e. The third kappa shape index (κ3) is 4.71. The van der Waals surface area contributed by atoms with Gasteiger partial charge in [-0.15, -0.1) is 0 Å². The average molecular weight is 318 g/mol. The van der Waals surface area contributed by atoms with Crippen molar-refractivity contribution in [1.29, 1.82) is 0 Å². The van der Waals surface area contributed by atoms with E-state index in [0.717, 1.165) is 39.0 Å². The first kappa shape index (κ1) is 17.8. The Hall–Kier alpha value is -1.55. The number of rotatable bonds is 4. The van der Waals surface area contributed by atoms with Crippen molar-refractivity contribution < 1.29 is 9.53 Å². The lowest BCUT2D eigenvalue weighted by Gasteiger charge is -2.42. The highest BCUT2D eigenvalue weighted by molar-refractivity contribution is 5.68. The fraction of sp³-hybridized carbons (Fsp3) is 0.632. The molecule has 0 unspecified atom stereocenters. The van der Waals surface area contributed by atoms with Gasteiger partial charge in [0.05, 0.1) is 0 Å². The average Bonchev–Trinajstić information content (AvgIpc) is 2.52. The molecule has 0 spiro atoms. The molecule has 1 amide bonds. The number of ether oxygens (including phenoxy) is 1. The number of carbonyl (C=O) groups is 1. The predicted octanol–water partition coefficient (Wildman–Crippen LogP) is 3.56. The molecule has 128 valence electrons. The molecule has 1 aromatic rings. The summed E-state index contributed by atoms with van der Waals surface area (Å²) in [4.78, 5) is 14.1. The van der Waals surface area contributed by atoms with Crippen molar-refractivity contribution in [3.8, 4) is 0 Å². The van der Waals surface area contributed by atoms with E-state index in [1.807, 2.05) is 25.7 Å². The number of hydrogen-bond acceptors (Lipinski definition) is 3. The molecule has 0 aliphatic carbocycles. The maximum absolute atomic E-state index is 12.3. The van der Waals surface area contributed by atoms with Crippen LogP contribution in [-0.4, -0.2) is 42.8 Å². The molecule has 4 heteroatoms. The highest BCUT2D eigenvalue weighted by Crippen LogP contribution is 2.35. The van der Waals surface area contributed by atoms with Crippen LogP contribution in [0, 0.1) is 0 Å². The number of nitrogens with zero attached hydrogens (tertiary/aromatic N) is 1. The van der Waals surface area contributed by atoms with Gasteiger partial charge in [0.25, 0.3) is 0 Å². The largest absolute Gasteiger partial charge is 0.444 e. The summed E-state index contributed by atoms with van der Waals surface area (Å²) < 4.78 is 5.50. The zero-order chi connectivity index (χ0) is 16.9. The summed E-state index contributed by atoms with van der Waals surface area (Å²) in [6.45, 7) is 11.3. The molecule has 1 heterocycles. The van der Waals surface area contributed by atoms with Crippen molar-refractivity contribution in [1.82, 2.24) is 10.2 Å². The lowest BCUT2D eigenvalue weighted by Crippen LogP contribution is -2.50. The van der Waals surface area contributed by atoms with Crippen LogP contribution in [0.5, 0.6) is 0 Å². The summed E-state index contributed by atoms with van der Waals surface area (Å²) >= 11 is 0. The standard InChI is InChI=1S/C19H30N2O2/c1-5-20-15-19(16-9-7-6-8-10-16)11-13-21(14-12-19)17(22)23-18(2,3)4/h6-10,20H,5,11-15H2,1-4H3. The second kappa shape index (κ2) is 7.35. The molecule has 1 fully saturated rings. The molecular formula is C19H30N2O2. The SMILES string of the molecule is CCNCC1(c2ccccc2)CCN(C(=O)OC(C)(C)C)CC1. The number of benzene rings is 1. The van der Waals surface area contributed by atoms with Gasteiger partial charge >= 0.3 is 6.09 Å². The van der Waals surface area contributed by atoms with Crippen LogP contribution in [0.1, 0.15) is 46.1 Å². The summed E-state index contributed by atoms with van der Waals surface area (Å²) in [6.07, 6.45) is 1.73. The van der Waals surface area contributed by atoms with Crippen LogP contribution in [0.25, 0.3) is 0 Å². The molecule has 0 aromatic heterocycles. The van der Waals surface area contributed by atoms with Crippen molar-refractivity contribution in [2.45, 2.75) is 51.6 Å². The van der Waals surface area contributed by atoms with Crippen LogP contribution >= 0.6 is 0 Å². The summed E-state index contributed by atoms with van der Waals surface area (Å²) in [5.41, 5.74) is 1.04. The van der Waals surface area contributed by atoms with Gasteiger partial charge in [0.2, 0.25) is 0 Å². The monoisotopic (exact) mass is 318 g/mol. The van der Waals surface area contributed by atoms with Crippen LogP contribution < -0.4 is 5.32 Å². The van der Waals surface area contributed by atoms with Crippen LogP contribution in [0.3, 0.4) is 0 Å². The molecule has 4 nitrogen and oxygen atoms in total. The van der Waals surface area contributed by atoms with Gasteiger partial charge in [-0.05, 0) is 45.7 Å². The summed E-state index contributed by atoms with van der Waals surface area (Å²) in [6, 6.07) is 10.7. The summed E-state index contributed by atoms with van der Waals surface area (Å²) in [7, 11) is 0. The van der Waals surface area contributed by atoms with Crippen molar-refractivity contribution >= 4 is 6.09 Å². The number of piperidine rings is 1. The number of likely N-dealkylation sites (N-methyl/N-ethyl adjacent to an activating group) is 1. The number of amides is 1. The second-order valence-corrected chi connectivity index (χ2v) is 7.39. The Bertz CT molecular complexity index is 500. The molecule has 0 radical (unpaired) electrons. The highest BCUT2D eigenvalue weighted by Gasteiger charge is 2.38. The minimum absolute atomic E-state index is 0.107. The van der Waals surface area contributed by atoms with E-state index < -0.39 is 5.60 Å². The third-order valence-electron chi connectivity index (χ3n) is 4.47. The maximum atomic E-state index is 12.3. The van der Waals surface area contributed by atoms with E-state index in [0.29, 0.717) is 0 Å². The fourth-order valence-electron chi connectivity index (χ4n) is 3.17. The second-order valence-electron chi connectivity index (χ2n) is 7.39. The Kier molecular flexibility index (Phi) is 5.69. The first-order valence-corrected chi connectivity index (χ1v) is 8.60. The van der Waals surface area contributed by atoms with Crippen molar-refractivity contribution in [3.05, 3.63) is 35.9 Å². The van der Waals surface area contributed by atoms with Crippen LogP contribution in [0.2, 0.25) is 0 Å². The molecule has 2 rings (SSSR count). The van der Waals surface area contributed by atoms with E-state index in [9.17, 15) is 4.79 Å². The van der Waals surface area contributed by atoms with Crippen molar-refractivity contribution in [3.63, 3.8) is 0 Å². The van der Waals surface area contributed by atoms with E-state index in [1.54, 1.807) is 0 Å². The van der Waals surface area contributed by atoms with Crippen LogP contribution in [0.4, 0.5) is 4.79 Å². The molecule has 1 aliphatic heterocycles. The number of nitrogens with one attached hydrogen (secondary N) is 1. The smallest absolute Gasteiger partial charge is 0.410 e. The predicted molar refractivity (Wildman–Crippen MR) is 93.7 cm³/mol. The van der Waals surface area contributed by atoms with E-state index in [4.69, 9.17) is 4.74 Å². The molecule has 0 saturated carbocycles. The Morgan fingerprint density at radius 2 is 1.83 bits per heavy atom. The van der Waals surface area contributed by atoms with Gasteiger partial charge in [-0.25, -0.2) is 4.79 Å². The third-order valence-corrected chi connectivity index (χ3v) is 4.47. The molecule has 1 saturated heterocycles. The molecular weight excluding hydrogens is 288 g/mol. The minimum Gasteiger partial charge on any atom is -0.444 e. The normalized spacial score (nSPS) is 17.8. The van der Waals surface area contributed by atoms with Crippen LogP contribution in [0.15, 0.2) is 30.3 Å². The first-order valence-electron chi connectivity index (χ1n) is 8.60. The van der Waals surface area contributed by atoms with Crippen LogP contribution in [-0.2, 0) is 10.2 Å². The minimum atomic E-state index is -0.436. The van der Waals surface area contributed by atoms with Gasteiger partial charge in [0, 0.05) is 25.0 Å². The Labute approximate surface area is 140 Å². The number of hydrogen-bond donors (Lipinski definition) is 1. The Balaban J connectivity index is 2.07. The van der Waals surface area contributed by atoms with Gasteiger partial charge in [0.1, 0.15) is 5.60 Å². The summed E-state index contributed by atoms with van der Waals surface area (Å²) in [5.74, 6) is 0. The van der Waals surface area contributed by atoms with Crippen molar-refractivity contribution in [2.24, 2.45) is 0 Å². The molecule has 0 atom stereocenters. The van der Waals surface area contributed by atoms with E-state index in [-0.39, 0.29) is 11.5 Å². The number of likely N-dealkylation sites (tertiary alicyclic amines) is 1. The molecule has 23 heavy (non-hydrogen) atoms. The molecule has 1 aliphatic rings.